The summed E-state index contributed by atoms with van der Waals surface area (Å²) in [6.45, 7) is 3.57. The lowest BCUT2D eigenvalue weighted by atomic mass is 9.81. The van der Waals surface area contributed by atoms with Crippen molar-refractivity contribution in [3.8, 4) is 0 Å². The summed E-state index contributed by atoms with van der Waals surface area (Å²) in [5.41, 5.74) is 0.801. The van der Waals surface area contributed by atoms with E-state index in [1.165, 1.54) is 0 Å². The topological polar surface area (TPSA) is 66.5 Å². The lowest BCUT2D eigenvalue weighted by Gasteiger charge is -2.31. The van der Waals surface area contributed by atoms with Crippen molar-refractivity contribution < 1.29 is 14.4 Å². The van der Waals surface area contributed by atoms with Gasteiger partial charge in [-0.2, -0.15) is 0 Å². The van der Waals surface area contributed by atoms with Gasteiger partial charge in [-0.1, -0.05) is 49.1 Å². The molecule has 1 spiro atoms. The van der Waals surface area contributed by atoms with Gasteiger partial charge in [0.15, 0.2) is 5.78 Å². The number of amides is 3. The standard InChI is InChI=1S/C18H22N2O3/c1-12-6-8-14(9-7-12)15(21)13(2)20-16(22)18(19-17(20)23)10-4-3-5-11-18/h6-9,13H,3-5,10-11H2,1-2H3,(H,19,23). The Balaban J connectivity index is 1.82. The van der Waals surface area contributed by atoms with Crippen LogP contribution in [0.2, 0.25) is 0 Å². The molecule has 1 saturated heterocycles. The summed E-state index contributed by atoms with van der Waals surface area (Å²) in [4.78, 5) is 38.9. The molecule has 122 valence electrons. The first kappa shape index (κ1) is 15.7. The highest BCUT2D eigenvalue weighted by atomic mass is 16.2. The Kier molecular flexibility index (Phi) is 3.96. The Morgan fingerprint density at radius 3 is 2.35 bits per heavy atom. The summed E-state index contributed by atoms with van der Waals surface area (Å²) < 4.78 is 0. The number of imide groups is 1. The fraction of sp³-hybridized carbons (Fsp3) is 0.500. The molecule has 0 bridgehead atoms. The van der Waals surface area contributed by atoms with E-state index in [0.717, 1.165) is 29.7 Å². The minimum Gasteiger partial charge on any atom is -0.323 e. The number of nitrogens with zero attached hydrogens (tertiary/aromatic N) is 1. The number of carbonyl (C=O) groups is 3. The zero-order valence-corrected chi connectivity index (χ0v) is 13.6. The largest absolute Gasteiger partial charge is 0.325 e. The fourth-order valence-corrected chi connectivity index (χ4v) is 3.56. The number of carbonyl (C=O) groups excluding carboxylic acids is 3. The molecule has 1 aliphatic heterocycles. The Bertz CT molecular complexity index is 645. The molecule has 3 amide bonds. The second-order valence-corrected chi connectivity index (χ2v) is 6.65. The van der Waals surface area contributed by atoms with Gasteiger partial charge >= 0.3 is 6.03 Å². The van der Waals surface area contributed by atoms with Gasteiger partial charge in [-0.05, 0) is 26.7 Å². The average Bonchev–Trinajstić information content (AvgIpc) is 2.78. The third-order valence-electron chi connectivity index (χ3n) is 5.00. The van der Waals surface area contributed by atoms with Gasteiger partial charge in [0.1, 0.15) is 11.6 Å². The Morgan fingerprint density at radius 2 is 1.74 bits per heavy atom. The predicted octanol–water partition coefficient (Wildman–Crippen LogP) is 2.82. The molecule has 0 aromatic heterocycles. The monoisotopic (exact) mass is 314 g/mol. The third kappa shape index (κ3) is 2.64. The van der Waals surface area contributed by atoms with E-state index in [4.69, 9.17) is 0 Å². The smallest absolute Gasteiger partial charge is 0.323 e. The van der Waals surface area contributed by atoms with Crippen LogP contribution < -0.4 is 5.32 Å². The molecule has 3 rings (SSSR count). The molecule has 1 unspecified atom stereocenters. The van der Waals surface area contributed by atoms with Crippen LogP contribution >= 0.6 is 0 Å². The van der Waals surface area contributed by atoms with E-state index >= 15 is 0 Å². The molecule has 0 radical (unpaired) electrons. The third-order valence-corrected chi connectivity index (χ3v) is 5.00. The van der Waals surface area contributed by atoms with Crippen molar-refractivity contribution in [2.75, 3.05) is 0 Å². The molecule has 2 aliphatic rings. The van der Waals surface area contributed by atoms with Gasteiger partial charge in [-0.25, -0.2) is 4.79 Å². The summed E-state index contributed by atoms with van der Waals surface area (Å²) in [7, 11) is 0. The highest BCUT2D eigenvalue weighted by Crippen LogP contribution is 2.34. The Hall–Kier alpha value is -2.17. The molecule has 5 nitrogen and oxygen atoms in total. The SMILES string of the molecule is Cc1ccc(C(=O)C(C)N2C(=O)NC3(CCCCC3)C2=O)cc1. The minimum absolute atomic E-state index is 0.207. The first-order chi connectivity index (χ1) is 10.9. The number of ketones is 1. The number of Topliss-reactive ketones (excluding diaryl/α,β-unsaturated/α-hetero) is 1. The summed E-state index contributed by atoms with van der Waals surface area (Å²) >= 11 is 0. The van der Waals surface area contributed by atoms with Gasteiger partial charge in [0.05, 0.1) is 0 Å². The van der Waals surface area contributed by atoms with E-state index < -0.39 is 17.6 Å². The number of nitrogens with one attached hydrogen (secondary N) is 1. The molecule has 2 fully saturated rings. The molecule has 5 heteroatoms. The molecule has 1 N–H and O–H groups in total. The number of rotatable bonds is 3. The van der Waals surface area contributed by atoms with Crippen LogP contribution in [0.25, 0.3) is 0 Å². The van der Waals surface area contributed by atoms with Crippen molar-refractivity contribution in [2.24, 2.45) is 0 Å². The van der Waals surface area contributed by atoms with Gasteiger partial charge in [0, 0.05) is 5.56 Å². The molecule has 23 heavy (non-hydrogen) atoms. The molecule has 1 aromatic rings. The molecular formula is C18H22N2O3. The van der Waals surface area contributed by atoms with Gasteiger partial charge in [0.2, 0.25) is 0 Å². The van der Waals surface area contributed by atoms with Crippen molar-refractivity contribution in [3.05, 3.63) is 35.4 Å². The second kappa shape index (κ2) is 5.80. The predicted molar refractivity (Wildman–Crippen MR) is 86.2 cm³/mol. The molecule has 1 saturated carbocycles. The van der Waals surface area contributed by atoms with Crippen LogP contribution in [0.1, 0.15) is 54.9 Å². The lowest BCUT2D eigenvalue weighted by molar-refractivity contribution is -0.133. The van der Waals surface area contributed by atoms with Gasteiger partial charge in [0.25, 0.3) is 5.91 Å². The van der Waals surface area contributed by atoms with Gasteiger partial charge in [-0.3, -0.25) is 14.5 Å². The Labute approximate surface area is 136 Å². The maximum absolute atomic E-state index is 12.8. The number of urea groups is 1. The fourth-order valence-electron chi connectivity index (χ4n) is 3.56. The zero-order valence-electron chi connectivity index (χ0n) is 13.6. The van der Waals surface area contributed by atoms with Crippen LogP contribution in [-0.2, 0) is 4.79 Å². The van der Waals surface area contributed by atoms with Gasteiger partial charge < -0.3 is 5.32 Å². The average molecular weight is 314 g/mol. The van der Waals surface area contributed by atoms with Crippen LogP contribution in [0.3, 0.4) is 0 Å². The molecule has 1 heterocycles. The molecule has 1 aliphatic carbocycles. The van der Waals surface area contributed by atoms with E-state index in [1.807, 2.05) is 19.1 Å². The van der Waals surface area contributed by atoms with Crippen molar-refractivity contribution in [1.82, 2.24) is 10.2 Å². The van der Waals surface area contributed by atoms with E-state index in [1.54, 1.807) is 19.1 Å². The number of aryl methyl sites for hydroxylation is 1. The van der Waals surface area contributed by atoms with Gasteiger partial charge in [-0.15, -0.1) is 0 Å². The van der Waals surface area contributed by atoms with Crippen molar-refractivity contribution in [1.29, 1.82) is 0 Å². The first-order valence-corrected chi connectivity index (χ1v) is 8.21. The zero-order chi connectivity index (χ0) is 16.6. The van der Waals surface area contributed by atoms with E-state index in [-0.39, 0.29) is 11.7 Å². The summed E-state index contributed by atoms with van der Waals surface area (Å²) in [5.74, 6) is -0.448. The summed E-state index contributed by atoms with van der Waals surface area (Å²) in [6.07, 6.45) is 4.28. The maximum atomic E-state index is 12.8. The van der Waals surface area contributed by atoms with E-state index in [9.17, 15) is 14.4 Å². The highest BCUT2D eigenvalue weighted by Gasteiger charge is 2.53. The minimum atomic E-state index is -0.786. The number of hydrogen-bond donors (Lipinski definition) is 1. The van der Waals surface area contributed by atoms with Crippen LogP contribution in [0.5, 0.6) is 0 Å². The highest BCUT2D eigenvalue weighted by molar-refractivity contribution is 6.12. The molecular weight excluding hydrogens is 292 g/mol. The van der Waals surface area contributed by atoms with Crippen LogP contribution in [0, 0.1) is 6.92 Å². The van der Waals surface area contributed by atoms with Crippen LogP contribution in [0.4, 0.5) is 4.79 Å². The molecule has 1 aromatic carbocycles. The van der Waals surface area contributed by atoms with Crippen molar-refractivity contribution >= 4 is 17.7 Å². The van der Waals surface area contributed by atoms with Crippen molar-refractivity contribution in [2.45, 2.75) is 57.5 Å². The maximum Gasteiger partial charge on any atom is 0.325 e. The normalized spacial score (nSPS) is 21.4. The van der Waals surface area contributed by atoms with Crippen molar-refractivity contribution in [3.63, 3.8) is 0 Å². The van der Waals surface area contributed by atoms with E-state index in [0.29, 0.717) is 18.4 Å². The summed E-state index contributed by atoms with van der Waals surface area (Å²) in [5, 5.41) is 2.85. The quantitative estimate of drug-likeness (QED) is 0.689. The van der Waals surface area contributed by atoms with Crippen LogP contribution in [-0.4, -0.2) is 34.2 Å². The second-order valence-electron chi connectivity index (χ2n) is 6.65. The van der Waals surface area contributed by atoms with Crippen LogP contribution in [0.15, 0.2) is 24.3 Å². The molecule has 1 atom stereocenters. The number of hydrogen-bond acceptors (Lipinski definition) is 3. The summed E-state index contributed by atoms with van der Waals surface area (Å²) in [6, 6.07) is 5.96. The lowest BCUT2D eigenvalue weighted by Crippen LogP contribution is -2.49. The number of benzene rings is 1. The Morgan fingerprint density at radius 1 is 1.13 bits per heavy atom. The first-order valence-electron chi connectivity index (χ1n) is 8.21. The van der Waals surface area contributed by atoms with E-state index in [2.05, 4.69) is 5.32 Å².